The molecule has 0 radical (unpaired) electrons. The number of benzene rings is 3. The SMILES string of the molecule is CC(CNC(=O)C1CCCN1C(=O)c1ccc2ccccc2c1O)N(C)c1ccccc1. The summed E-state index contributed by atoms with van der Waals surface area (Å²) in [5.74, 6) is -0.484. The molecule has 0 bridgehead atoms. The molecule has 6 heteroatoms. The van der Waals surface area contributed by atoms with Crippen molar-refractivity contribution in [1.82, 2.24) is 10.2 Å². The third kappa shape index (κ3) is 4.26. The molecule has 32 heavy (non-hydrogen) atoms. The van der Waals surface area contributed by atoms with Gasteiger partial charge in [-0.3, -0.25) is 9.59 Å². The average molecular weight is 432 g/mol. The second-order valence-corrected chi connectivity index (χ2v) is 8.38. The van der Waals surface area contributed by atoms with Crippen LogP contribution in [0.5, 0.6) is 5.75 Å². The quantitative estimate of drug-likeness (QED) is 0.623. The van der Waals surface area contributed by atoms with Crippen LogP contribution in [0, 0.1) is 0 Å². The van der Waals surface area contributed by atoms with Crippen molar-refractivity contribution in [3.8, 4) is 5.75 Å². The fourth-order valence-electron chi connectivity index (χ4n) is 4.29. The topological polar surface area (TPSA) is 72.9 Å². The van der Waals surface area contributed by atoms with E-state index in [1.807, 2.05) is 61.6 Å². The highest BCUT2D eigenvalue weighted by Crippen LogP contribution is 2.31. The van der Waals surface area contributed by atoms with Crippen LogP contribution in [0.15, 0.2) is 66.7 Å². The van der Waals surface area contributed by atoms with Crippen molar-refractivity contribution in [3.05, 3.63) is 72.3 Å². The molecule has 0 aliphatic carbocycles. The van der Waals surface area contributed by atoms with E-state index in [2.05, 4.69) is 17.1 Å². The van der Waals surface area contributed by atoms with Crippen LogP contribution >= 0.6 is 0 Å². The molecule has 6 nitrogen and oxygen atoms in total. The number of para-hydroxylation sites is 1. The van der Waals surface area contributed by atoms with Crippen LogP contribution in [-0.2, 0) is 4.79 Å². The summed E-state index contributed by atoms with van der Waals surface area (Å²) in [5.41, 5.74) is 1.32. The number of likely N-dealkylation sites (N-methyl/N-ethyl adjacent to an activating group) is 1. The number of hydrogen-bond donors (Lipinski definition) is 2. The number of hydrogen-bond acceptors (Lipinski definition) is 4. The van der Waals surface area contributed by atoms with Gasteiger partial charge in [0.05, 0.1) is 5.56 Å². The van der Waals surface area contributed by atoms with Gasteiger partial charge in [0.15, 0.2) is 0 Å². The first kappa shape index (κ1) is 21.7. The minimum absolute atomic E-state index is 0.0303. The Balaban J connectivity index is 1.43. The van der Waals surface area contributed by atoms with E-state index < -0.39 is 6.04 Å². The van der Waals surface area contributed by atoms with Gasteiger partial charge in [-0.1, -0.05) is 48.5 Å². The molecular weight excluding hydrogens is 402 g/mol. The van der Waals surface area contributed by atoms with Crippen LogP contribution in [0.3, 0.4) is 0 Å². The molecule has 2 amide bonds. The van der Waals surface area contributed by atoms with E-state index in [-0.39, 0.29) is 29.2 Å². The van der Waals surface area contributed by atoms with Crippen molar-refractivity contribution in [3.63, 3.8) is 0 Å². The molecule has 2 N–H and O–H groups in total. The maximum Gasteiger partial charge on any atom is 0.258 e. The van der Waals surface area contributed by atoms with Gasteiger partial charge in [0.1, 0.15) is 11.8 Å². The molecule has 1 aliphatic heterocycles. The van der Waals surface area contributed by atoms with Crippen LogP contribution in [0.25, 0.3) is 10.8 Å². The average Bonchev–Trinajstić information content (AvgIpc) is 3.32. The molecule has 0 spiro atoms. The van der Waals surface area contributed by atoms with E-state index in [1.54, 1.807) is 17.0 Å². The van der Waals surface area contributed by atoms with Gasteiger partial charge < -0.3 is 20.2 Å². The van der Waals surface area contributed by atoms with Crippen molar-refractivity contribution in [2.45, 2.75) is 31.8 Å². The number of rotatable bonds is 6. The molecule has 166 valence electrons. The Labute approximate surface area is 188 Å². The summed E-state index contributed by atoms with van der Waals surface area (Å²) >= 11 is 0. The molecule has 1 fully saturated rings. The van der Waals surface area contributed by atoms with Gasteiger partial charge >= 0.3 is 0 Å². The number of fused-ring (bicyclic) bond motifs is 1. The van der Waals surface area contributed by atoms with Crippen LogP contribution < -0.4 is 10.2 Å². The molecule has 1 aliphatic rings. The summed E-state index contributed by atoms with van der Waals surface area (Å²) in [7, 11) is 2.00. The van der Waals surface area contributed by atoms with E-state index >= 15 is 0 Å². The predicted molar refractivity (Wildman–Crippen MR) is 127 cm³/mol. The smallest absolute Gasteiger partial charge is 0.258 e. The summed E-state index contributed by atoms with van der Waals surface area (Å²) in [6.45, 7) is 3.03. The summed E-state index contributed by atoms with van der Waals surface area (Å²) in [4.78, 5) is 29.9. The first-order valence-corrected chi connectivity index (χ1v) is 11.0. The van der Waals surface area contributed by atoms with Crippen molar-refractivity contribution in [1.29, 1.82) is 0 Å². The standard InChI is InChI=1S/C26H29N3O3/c1-18(28(2)20-10-4-3-5-11-20)17-27-25(31)23-13-8-16-29(23)26(32)22-15-14-19-9-6-7-12-21(19)24(22)30/h3-7,9-12,14-15,18,23,30H,8,13,16-17H2,1-2H3,(H,27,31). The Kier molecular flexibility index (Phi) is 6.30. The predicted octanol–water partition coefficient (Wildman–Crippen LogP) is 3.79. The summed E-state index contributed by atoms with van der Waals surface area (Å²) < 4.78 is 0. The Morgan fingerprint density at radius 3 is 2.59 bits per heavy atom. The molecule has 2 atom stereocenters. The lowest BCUT2D eigenvalue weighted by molar-refractivity contribution is -0.124. The highest BCUT2D eigenvalue weighted by atomic mass is 16.3. The zero-order chi connectivity index (χ0) is 22.7. The fraction of sp³-hybridized carbons (Fsp3) is 0.308. The lowest BCUT2D eigenvalue weighted by atomic mass is 10.0. The number of nitrogens with zero attached hydrogens (tertiary/aromatic N) is 2. The minimum atomic E-state index is -0.525. The van der Waals surface area contributed by atoms with Crippen LogP contribution in [0.1, 0.15) is 30.1 Å². The Hall–Kier alpha value is -3.54. The Morgan fingerprint density at radius 1 is 1.09 bits per heavy atom. The summed E-state index contributed by atoms with van der Waals surface area (Å²) in [6.07, 6.45) is 1.38. The van der Waals surface area contributed by atoms with Crippen LogP contribution in [-0.4, -0.2) is 54.0 Å². The zero-order valence-corrected chi connectivity index (χ0v) is 18.5. The lowest BCUT2D eigenvalue weighted by Gasteiger charge is -2.29. The number of nitrogens with one attached hydrogen (secondary N) is 1. The van der Waals surface area contributed by atoms with E-state index in [4.69, 9.17) is 0 Å². The van der Waals surface area contributed by atoms with Crippen LogP contribution in [0.4, 0.5) is 5.69 Å². The number of likely N-dealkylation sites (tertiary alicyclic amines) is 1. The summed E-state index contributed by atoms with van der Waals surface area (Å²) in [5, 5.41) is 15.2. The molecule has 1 heterocycles. The van der Waals surface area contributed by atoms with E-state index in [1.165, 1.54) is 0 Å². The monoisotopic (exact) mass is 431 g/mol. The van der Waals surface area contributed by atoms with Gasteiger partial charge in [0, 0.05) is 37.3 Å². The van der Waals surface area contributed by atoms with Crippen molar-refractivity contribution in [2.75, 3.05) is 25.0 Å². The first-order chi connectivity index (χ1) is 15.5. The number of carbonyl (C=O) groups is 2. The van der Waals surface area contributed by atoms with Gasteiger partial charge in [-0.2, -0.15) is 0 Å². The number of aromatic hydroxyl groups is 1. The van der Waals surface area contributed by atoms with E-state index in [0.717, 1.165) is 17.5 Å². The minimum Gasteiger partial charge on any atom is -0.506 e. The van der Waals surface area contributed by atoms with Gasteiger partial charge in [-0.25, -0.2) is 0 Å². The molecule has 1 saturated heterocycles. The molecular formula is C26H29N3O3. The number of phenols is 1. The number of phenolic OH excluding ortho intramolecular Hbond substituents is 1. The number of carbonyl (C=O) groups excluding carboxylic acids is 2. The van der Waals surface area contributed by atoms with Gasteiger partial charge in [0.25, 0.3) is 5.91 Å². The largest absolute Gasteiger partial charge is 0.506 e. The van der Waals surface area contributed by atoms with Crippen molar-refractivity contribution in [2.24, 2.45) is 0 Å². The van der Waals surface area contributed by atoms with E-state index in [0.29, 0.717) is 24.9 Å². The molecule has 0 saturated carbocycles. The Morgan fingerprint density at radius 2 is 1.81 bits per heavy atom. The maximum atomic E-state index is 13.2. The molecule has 2 unspecified atom stereocenters. The van der Waals surface area contributed by atoms with E-state index in [9.17, 15) is 14.7 Å². The van der Waals surface area contributed by atoms with Crippen molar-refractivity contribution >= 4 is 28.3 Å². The van der Waals surface area contributed by atoms with Gasteiger partial charge in [-0.15, -0.1) is 0 Å². The lowest BCUT2D eigenvalue weighted by Crippen LogP contribution is -2.49. The Bertz CT molecular complexity index is 1120. The number of amides is 2. The molecule has 3 aromatic rings. The van der Waals surface area contributed by atoms with Crippen LogP contribution in [0.2, 0.25) is 0 Å². The molecule has 3 aromatic carbocycles. The fourth-order valence-corrected chi connectivity index (χ4v) is 4.29. The highest BCUT2D eigenvalue weighted by molar-refractivity contribution is 6.05. The highest BCUT2D eigenvalue weighted by Gasteiger charge is 2.35. The second-order valence-electron chi connectivity index (χ2n) is 8.38. The van der Waals surface area contributed by atoms with Gasteiger partial charge in [-0.05, 0) is 43.4 Å². The number of anilines is 1. The first-order valence-electron chi connectivity index (χ1n) is 11.0. The maximum absolute atomic E-state index is 13.2. The van der Waals surface area contributed by atoms with Gasteiger partial charge in [0.2, 0.25) is 5.91 Å². The summed E-state index contributed by atoms with van der Waals surface area (Å²) in [6, 6.07) is 20.5. The third-order valence-corrected chi connectivity index (χ3v) is 6.34. The molecule has 0 aromatic heterocycles. The third-order valence-electron chi connectivity index (χ3n) is 6.34. The van der Waals surface area contributed by atoms with Crippen molar-refractivity contribution < 1.29 is 14.7 Å². The normalized spacial score (nSPS) is 16.7. The molecule has 4 rings (SSSR count). The second kappa shape index (κ2) is 9.30. The zero-order valence-electron chi connectivity index (χ0n) is 18.5.